The summed E-state index contributed by atoms with van der Waals surface area (Å²) in [5.41, 5.74) is 0.851. The topological polar surface area (TPSA) is 39.9 Å². The number of pyridine rings is 1. The van der Waals surface area contributed by atoms with E-state index in [9.17, 15) is 0 Å². The van der Waals surface area contributed by atoms with Gasteiger partial charge in [-0.2, -0.15) is 5.10 Å². The van der Waals surface area contributed by atoms with Crippen LogP contribution < -0.4 is 0 Å². The highest BCUT2D eigenvalue weighted by atomic mass is 35.5. The Bertz CT molecular complexity index is 536. The van der Waals surface area contributed by atoms with E-state index in [2.05, 4.69) is 29.7 Å². The van der Waals surface area contributed by atoms with Crippen LogP contribution in [0.25, 0.3) is 10.9 Å². The van der Waals surface area contributed by atoms with Gasteiger partial charge < -0.3 is 4.74 Å². The van der Waals surface area contributed by atoms with E-state index in [4.69, 9.17) is 16.3 Å². The number of ether oxygens (including phenoxy) is 1. The summed E-state index contributed by atoms with van der Waals surface area (Å²) >= 11 is 5.99. The van der Waals surface area contributed by atoms with Gasteiger partial charge in [0.05, 0.1) is 10.9 Å². The van der Waals surface area contributed by atoms with Gasteiger partial charge in [0.25, 0.3) is 0 Å². The molecule has 0 aliphatic carbocycles. The normalized spacial score (nSPS) is 12.2. The number of nitrogens with zero attached hydrogens (tertiary/aromatic N) is 3. The third kappa shape index (κ3) is 3.54. The minimum atomic E-state index is -1.02. The van der Waals surface area contributed by atoms with Gasteiger partial charge in [-0.05, 0) is 12.1 Å². The van der Waals surface area contributed by atoms with Gasteiger partial charge in [0.2, 0.25) is 0 Å². The van der Waals surface area contributed by atoms with Gasteiger partial charge in [-0.3, -0.25) is 0 Å². The predicted octanol–water partition coefficient (Wildman–Crippen LogP) is 3.40. The molecular formula is C12H18ClN3OSi. The number of aromatic nitrogens is 3. The van der Waals surface area contributed by atoms with Crippen molar-refractivity contribution in [3.05, 3.63) is 23.6 Å². The number of halogens is 1. The predicted molar refractivity (Wildman–Crippen MR) is 76.6 cm³/mol. The molecule has 0 bridgehead atoms. The van der Waals surface area contributed by atoms with Crippen LogP contribution in [0, 0.1) is 0 Å². The minimum Gasteiger partial charge on any atom is -0.360 e. The van der Waals surface area contributed by atoms with Gasteiger partial charge in [-0.25, -0.2) is 9.67 Å². The van der Waals surface area contributed by atoms with Crippen molar-refractivity contribution in [1.29, 1.82) is 0 Å². The van der Waals surface area contributed by atoms with Gasteiger partial charge in [-0.15, -0.1) is 0 Å². The first-order chi connectivity index (χ1) is 8.46. The smallest absolute Gasteiger partial charge is 0.139 e. The molecule has 0 saturated carbocycles. The van der Waals surface area contributed by atoms with Crippen LogP contribution >= 0.6 is 11.6 Å². The summed E-state index contributed by atoms with van der Waals surface area (Å²) in [6.07, 6.45) is 3.53. The lowest BCUT2D eigenvalue weighted by Gasteiger charge is -2.15. The quantitative estimate of drug-likeness (QED) is 0.480. The van der Waals surface area contributed by atoms with Crippen LogP contribution in [0.2, 0.25) is 30.8 Å². The van der Waals surface area contributed by atoms with Crippen LogP contribution in [-0.2, 0) is 11.5 Å². The molecule has 0 N–H and O–H groups in total. The fourth-order valence-corrected chi connectivity index (χ4v) is 2.52. The third-order valence-electron chi connectivity index (χ3n) is 2.65. The summed E-state index contributed by atoms with van der Waals surface area (Å²) in [6.45, 7) is 8.27. The number of rotatable bonds is 5. The maximum Gasteiger partial charge on any atom is 0.139 e. The second-order valence-corrected chi connectivity index (χ2v) is 11.5. The van der Waals surface area contributed by atoms with Crippen LogP contribution in [-0.4, -0.2) is 29.4 Å². The summed E-state index contributed by atoms with van der Waals surface area (Å²) in [4.78, 5) is 4.03. The highest BCUT2D eigenvalue weighted by molar-refractivity contribution is 6.76. The van der Waals surface area contributed by atoms with Crippen molar-refractivity contribution in [2.45, 2.75) is 32.4 Å². The molecule has 2 aromatic heterocycles. The Balaban J connectivity index is 1.94. The highest BCUT2D eigenvalue weighted by Gasteiger charge is 2.12. The fraction of sp³-hybridized carbons (Fsp3) is 0.500. The molecule has 2 rings (SSSR count). The summed E-state index contributed by atoms with van der Waals surface area (Å²) in [5, 5.41) is 5.74. The maximum absolute atomic E-state index is 5.99. The van der Waals surface area contributed by atoms with Crippen LogP contribution in [0.15, 0.2) is 18.5 Å². The summed E-state index contributed by atoms with van der Waals surface area (Å²) in [7, 11) is -1.02. The number of hydrogen-bond acceptors (Lipinski definition) is 3. The Morgan fingerprint density at radius 3 is 2.83 bits per heavy atom. The highest BCUT2D eigenvalue weighted by Crippen LogP contribution is 2.19. The second-order valence-electron chi connectivity index (χ2n) is 5.55. The molecule has 0 atom stereocenters. The standard InChI is InChI=1S/C12H18ClN3OSi/c1-18(2,3)7-6-17-9-16-8-10-11(15-16)4-5-14-12(10)13/h4-5,8H,6-7,9H2,1-3H3. The Morgan fingerprint density at radius 1 is 1.39 bits per heavy atom. The monoisotopic (exact) mass is 283 g/mol. The van der Waals surface area contributed by atoms with E-state index < -0.39 is 8.07 Å². The fourth-order valence-electron chi connectivity index (χ4n) is 1.56. The Labute approximate surface area is 113 Å². The molecule has 98 valence electrons. The zero-order chi connectivity index (χ0) is 13.2. The molecule has 0 fully saturated rings. The van der Waals surface area contributed by atoms with Gasteiger partial charge in [0, 0.05) is 27.1 Å². The molecule has 6 heteroatoms. The first-order valence-electron chi connectivity index (χ1n) is 6.01. The van der Waals surface area contributed by atoms with Crippen molar-refractivity contribution in [1.82, 2.24) is 14.8 Å². The average molecular weight is 284 g/mol. The molecule has 2 aromatic rings. The molecule has 0 amide bonds. The Kier molecular flexibility index (Phi) is 4.04. The summed E-state index contributed by atoms with van der Waals surface area (Å²) < 4.78 is 7.40. The van der Waals surface area contributed by atoms with E-state index in [1.165, 1.54) is 0 Å². The van der Waals surface area contributed by atoms with E-state index >= 15 is 0 Å². The zero-order valence-electron chi connectivity index (χ0n) is 11.0. The van der Waals surface area contributed by atoms with E-state index in [0.717, 1.165) is 23.6 Å². The minimum absolute atomic E-state index is 0.468. The number of fused-ring (bicyclic) bond motifs is 1. The van der Waals surface area contributed by atoms with E-state index in [1.807, 2.05) is 12.3 Å². The number of hydrogen-bond donors (Lipinski definition) is 0. The molecule has 0 radical (unpaired) electrons. The van der Waals surface area contributed by atoms with Crippen LogP contribution in [0.5, 0.6) is 0 Å². The molecule has 18 heavy (non-hydrogen) atoms. The van der Waals surface area contributed by atoms with Crippen molar-refractivity contribution >= 4 is 30.6 Å². The van der Waals surface area contributed by atoms with Gasteiger partial charge in [-0.1, -0.05) is 31.2 Å². The molecule has 0 aromatic carbocycles. The van der Waals surface area contributed by atoms with Gasteiger partial charge >= 0.3 is 0 Å². The average Bonchev–Trinajstić information content (AvgIpc) is 2.68. The third-order valence-corrected chi connectivity index (χ3v) is 4.66. The van der Waals surface area contributed by atoms with E-state index in [-0.39, 0.29) is 0 Å². The van der Waals surface area contributed by atoms with Crippen LogP contribution in [0.1, 0.15) is 0 Å². The molecule has 2 heterocycles. The van der Waals surface area contributed by atoms with Crippen molar-refractivity contribution in [2.24, 2.45) is 0 Å². The maximum atomic E-state index is 5.99. The summed E-state index contributed by atoms with van der Waals surface area (Å²) in [5.74, 6) is 0. The molecule has 0 saturated heterocycles. The molecular weight excluding hydrogens is 266 g/mol. The summed E-state index contributed by atoms with van der Waals surface area (Å²) in [6, 6.07) is 3.01. The lowest BCUT2D eigenvalue weighted by Crippen LogP contribution is -2.22. The molecule has 4 nitrogen and oxygen atoms in total. The van der Waals surface area contributed by atoms with Gasteiger partial charge in [0.15, 0.2) is 0 Å². The van der Waals surface area contributed by atoms with E-state index in [1.54, 1.807) is 10.9 Å². The lowest BCUT2D eigenvalue weighted by atomic mass is 10.3. The molecule has 0 spiro atoms. The lowest BCUT2D eigenvalue weighted by molar-refractivity contribution is 0.0791. The Hall–Kier alpha value is -0.913. The molecule has 0 aliphatic heterocycles. The molecule has 0 unspecified atom stereocenters. The van der Waals surface area contributed by atoms with Crippen LogP contribution in [0.3, 0.4) is 0 Å². The van der Waals surface area contributed by atoms with Crippen molar-refractivity contribution < 1.29 is 4.74 Å². The van der Waals surface area contributed by atoms with E-state index in [0.29, 0.717) is 11.9 Å². The first-order valence-corrected chi connectivity index (χ1v) is 10.1. The zero-order valence-corrected chi connectivity index (χ0v) is 12.7. The largest absolute Gasteiger partial charge is 0.360 e. The van der Waals surface area contributed by atoms with Crippen LogP contribution in [0.4, 0.5) is 0 Å². The van der Waals surface area contributed by atoms with Crippen molar-refractivity contribution in [3.63, 3.8) is 0 Å². The second kappa shape index (κ2) is 5.38. The SMILES string of the molecule is C[Si](C)(C)CCOCn1cc2c(Cl)nccc2n1. The van der Waals surface area contributed by atoms with Gasteiger partial charge in [0.1, 0.15) is 11.9 Å². The Morgan fingerprint density at radius 2 is 2.17 bits per heavy atom. The van der Waals surface area contributed by atoms with Crippen molar-refractivity contribution in [3.8, 4) is 0 Å². The van der Waals surface area contributed by atoms with Crippen molar-refractivity contribution in [2.75, 3.05) is 6.61 Å². The molecule has 0 aliphatic rings. The first kappa shape index (κ1) is 13.5.